The number of hydrogen-bond acceptors (Lipinski definition) is 3. The highest BCUT2D eigenvalue weighted by Crippen LogP contribution is 2.40. The maximum absolute atomic E-state index is 10.1. The van der Waals surface area contributed by atoms with Gasteiger partial charge in [-0.3, -0.25) is 0 Å². The van der Waals surface area contributed by atoms with E-state index in [9.17, 15) is 10.2 Å². The summed E-state index contributed by atoms with van der Waals surface area (Å²) in [5.41, 5.74) is -0.00412. The van der Waals surface area contributed by atoms with Gasteiger partial charge in [-0.05, 0) is 35.2 Å². The summed E-state index contributed by atoms with van der Waals surface area (Å²) in [6.45, 7) is 0. The lowest BCUT2D eigenvalue weighted by Crippen LogP contribution is -2.32. The average Bonchev–Trinajstić information content (AvgIpc) is 2.73. The van der Waals surface area contributed by atoms with E-state index < -0.39 is 11.7 Å². The van der Waals surface area contributed by atoms with Gasteiger partial charge in [-0.1, -0.05) is 12.8 Å². The maximum atomic E-state index is 10.1. The molecule has 1 aliphatic carbocycles. The van der Waals surface area contributed by atoms with Gasteiger partial charge in [-0.2, -0.15) is 11.3 Å². The molecule has 3 heteroatoms. The molecule has 0 aliphatic heterocycles. The van der Waals surface area contributed by atoms with E-state index in [0.717, 1.165) is 31.2 Å². The Hall–Kier alpha value is -0.380. The predicted octanol–water partition coefficient (Wildman–Crippen LogP) is 2.09. The van der Waals surface area contributed by atoms with E-state index in [1.54, 1.807) is 11.3 Å². The van der Waals surface area contributed by atoms with Crippen LogP contribution in [0.4, 0.5) is 0 Å². The third-order valence-electron chi connectivity index (χ3n) is 2.84. The summed E-state index contributed by atoms with van der Waals surface area (Å²) in [4.78, 5) is 0. The topological polar surface area (TPSA) is 40.5 Å². The highest BCUT2D eigenvalue weighted by molar-refractivity contribution is 7.07. The van der Waals surface area contributed by atoms with E-state index in [1.807, 2.05) is 16.8 Å². The van der Waals surface area contributed by atoms with Gasteiger partial charge in [0.15, 0.2) is 0 Å². The van der Waals surface area contributed by atoms with E-state index in [4.69, 9.17) is 0 Å². The van der Waals surface area contributed by atoms with Gasteiger partial charge in [0.25, 0.3) is 0 Å². The van der Waals surface area contributed by atoms with Gasteiger partial charge < -0.3 is 10.2 Å². The Labute approximate surface area is 81.8 Å². The number of hydrogen-bond donors (Lipinski definition) is 2. The Bertz CT molecular complexity index is 262. The van der Waals surface area contributed by atoms with Crippen LogP contribution in [0.2, 0.25) is 0 Å². The van der Waals surface area contributed by atoms with Crippen LogP contribution < -0.4 is 0 Å². The lowest BCUT2D eigenvalue weighted by atomic mass is 9.91. The first-order chi connectivity index (χ1) is 6.22. The monoisotopic (exact) mass is 198 g/mol. The van der Waals surface area contributed by atoms with Crippen molar-refractivity contribution < 1.29 is 10.2 Å². The van der Waals surface area contributed by atoms with E-state index >= 15 is 0 Å². The third kappa shape index (κ3) is 1.64. The van der Waals surface area contributed by atoms with Gasteiger partial charge in [0.2, 0.25) is 0 Å². The molecule has 1 saturated carbocycles. The van der Waals surface area contributed by atoms with Crippen molar-refractivity contribution >= 4 is 11.3 Å². The fourth-order valence-electron chi connectivity index (χ4n) is 2.00. The summed E-state index contributed by atoms with van der Waals surface area (Å²) in [6.07, 6.45) is 2.81. The molecular formula is C10H14O2S. The van der Waals surface area contributed by atoms with Crippen LogP contribution in [0.15, 0.2) is 16.8 Å². The quantitative estimate of drug-likeness (QED) is 0.764. The van der Waals surface area contributed by atoms with E-state index in [1.165, 1.54) is 0 Å². The fraction of sp³-hybridized carbons (Fsp3) is 0.600. The molecule has 13 heavy (non-hydrogen) atoms. The second-order valence-electron chi connectivity index (χ2n) is 3.77. The average molecular weight is 198 g/mol. The lowest BCUT2D eigenvalue weighted by Gasteiger charge is -2.27. The van der Waals surface area contributed by atoms with Crippen molar-refractivity contribution in [3.63, 3.8) is 0 Å². The van der Waals surface area contributed by atoms with Gasteiger partial charge in [0.05, 0.1) is 5.60 Å². The maximum Gasteiger partial charge on any atom is 0.108 e. The number of aliphatic hydroxyl groups excluding tert-OH is 1. The van der Waals surface area contributed by atoms with Crippen LogP contribution in [0, 0.1) is 0 Å². The van der Waals surface area contributed by atoms with Crippen LogP contribution in [-0.4, -0.2) is 15.8 Å². The fourth-order valence-corrected chi connectivity index (χ4v) is 2.68. The molecule has 1 aromatic rings. The Balaban J connectivity index is 2.16. The van der Waals surface area contributed by atoms with Crippen molar-refractivity contribution in [1.29, 1.82) is 0 Å². The Morgan fingerprint density at radius 1 is 1.38 bits per heavy atom. The minimum Gasteiger partial charge on any atom is -0.387 e. The van der Waals surface area contributed by atoms with E-state index in [-0.39, 0.29) is 0 Å². The molecule has 2 nitrogen and oxygen atoms in total. The smallest absolute Gasteiger partial charge is 0.108 e. The predicted molar refractivity (Wildman–Crippen MR) is 52.7 cm³/mol. The van der Waals surface area contributed by atoms with Crippen molar-refractivity contribution in [2.45, 2.75) is 37.4 Å². The first-order valence-electron chi connectivity index (χ1n) is 4.65. The van der Waals surface area contributed by atoms with Crippen LogP contribution >= 0.6 is 11.3 Å². The molecule has 0 spiro atoms. The van der Waals surface area contributed by atoms with Crippen LogP contribution in [0.25, 0.3) is 0 Å². The molecular weight excluding hydrogens is 184 g/mol. The lowest BCUT2D eigenvalue weighted by molar-refractivity contribution is -0.0717. The van der Waals surface area contributed by atoms with Crippen LogP contribution in [-0.2, 0) is 0 Å². The SMILES string of the molecule is OC(c1ccsc1)C1(O)CCCC1. The summed E-state index contributed by atoms with van der Waals surface area (Å²) >= 11 is 1.55. The first-order valence-corrected chi connectivity index (χ1v) is 5.59. The minimum atomic E-state index is -0.860. The Morgan fingerprint density at radius 3 is 2.62 bits per heavy atom. The zero-order chi connectivity index (χ0) is 9.31. The number of rotatable bonds is 2. The van der Waals surface area contributed by atoms with Gasteiger partial charge in [-0.25, -0.2) is 0 Å². The second-order valence-corrected chi connectivity index (χ2v) is 4.55. The normalized spacial score (nSPS) is 23.2. The molecule has 2 rings (SSSR count). The molecule has 1 atom stereocenters. The highest BCUT2D eigenvalue weighted by Gasteiger charge is 2.39. The molecule has 1 unspecified atom stereocenters. The largest absolute Gasteiger partial charge is 0.387 e. The van der Waals surface area contributed by atoms with Crippen molar-refractivity contribution in [2.24, 2.45) is 0 Å². The van der Waals surface area contributed by atoms with Crippen LogP contribution in [0.3, 0.4) is 0 Å². The van der Waals surface area contributed by atoms with Gasteiger partial charge in [0.1, 0.15) is 6.10 Å². The molecule has 0 saturated heterocycles. The van der Waals surface area contributed by atoms with Crippen LogP contribution in [0.1, 0.15) is 37.4 Å². The number of thiophene rings is 1. The van der Waals surface area contributed by atoms with Gasteiger partial charge in [-0.15, -0.1) is 0 Å². The molecule has 72 valence electrons. The van der Waals surface area contributed by atoms with Gasteiger partial charge >= 0.3 is 0 Å². The van der Waals surface area contributed by atoms with Crippen LogP contribution in [0.5, 0.6) is 0 Å². The van der Waals surface area contributed by atoms with E-state index in [2.05, 4.69) is 0 Å². The molecule has 1 heterocycles. The highest BCUT2D eigenvalue weighted by atomic mass is 32.1. The molecule has 0 aromatic carbocycles. The van der Waals surface area contributed by atoms with Gasteiger partial charge in [0, 0.05) is 0 Å². The van der Waals surface area contributed by atoms with Crippen molar-refractivity contribution in [3.8, 4) is 0 Å². The molecule has 1 fully saturated rings. The zero-order valence-electron chi connectivity index (χ0n) is 7.44. The molecule has 0 amide bonds. The first kappa shape index (κ1) is 9.19. The molecule has 1 aliphatic rings. The third-order valence-corrected chi connectivity index (χ3v) is 3.54. The van der Waals surface area contributed by atoms with Crippen molar-refractivity contribution in [3.05, 3.63) is 22.4 Å². The summed E-state index contributed by atoms with van der Waals surface area (Å²) in [6, 6.07) is 1.88. The molecule has 2 N–H and O–H groups in total. The summed E-state index contributed by atoms with van der Waals surface area (Å²) in [5.74, 6) is 0. The minimum absolute atomic E-state index is 0.693. The Kier molecular flexibility index (Phi) is 2.41. The summed E-state index contributed by atoms with van der Waals surface area (Å²) in [5, 5.41) is 23.8. The standard InChI is InChI=1S/C10H14O2S/c11-9(8-3-6-13-7-8)10(12)4-1-2-5-10/h3,6-7,9,11-12H,1-2,4-5H2. The van der Waals surface area contributed by atoms with Crippen molar-refractivity contribution in [2.75, 3.05) is 0 Å². The zero-order valence-corrected chi connectivity index (χ0v) is 8.26. The molecule has 0 bridgehead atoms. The Morgan fingerprint density at radius 2 is 2.08 bits per heavy atom. The second kappa shape index (κ2) is 3.40. The van der Waals surface area contributed by atoms with Crippen molar-refractivity contribution in [1.82, 2.24) is 0 Å². The number of aliphatic hydroxyl groups is 2. The molecule has 1 aromatic heterocycles. The molecule has 0 radical (unpaired) electrons. The summed E-state index contributed by atoms with van der Waals surface area (Å²) in [7, 11) is 0. The van der Waals surface area contributed by atoms with E-state index in [0.29, 0.717) is 0 Å². The summed E-state index contributed by atoms with van der Waals surface area (Å²) < 4.78 is 0.